The molecule has 0 saturated carbocycles. The SMILES string of the molecule is CCC(C)(C)C(=O)NC(C)C. The predicted octanol–water partition coefficient (Wildman–Crippen LogP) is 1.95. The van der Waals surface area contributed by atoms with Gasteiger partial charge in [-0.25, -0.2) is 0 Å². The summed E-state index contributed by atoms with van der Waals surface area (Å²) in [6, 6.07) is 0.244. The molecule has 66 valence electrons. The summed E-state index contributed by atoms with van der Waals surface area (Å²) in [6.45, 7) is 9.91. The number of rotatable bonds is 3. The molecule has 2 heteroatoms. The number of carbonyl (C=O) groups excluding carboxylic acids is 1. The molecule has 1 N–H and O–H groups in total. The van der Waals surface area contributed by atoms with Crippen molar-refractivity contribution in [2.24, 2.45) is 5.41 Å². The van der Waals surface area contributed by atoms with Crippen molar-refractivity contribution in [1.82, 2.24) is 5.32 Å². The molecule has 0 aromatic rings. The Labute approximate surface area is 69.4 Å². The maximum absolute atomic E-state index is 11.4. The first-order valence-corrected chi connectivity index (χ1v) is 4.21. The Balaban J connectivity index is 4.02. The highest BCUT2D eigenvalue weighted by molar-refractivity contribution is 5.81. The van der Waals surface area contributed by atoms with E-state index in [1.54, 1.807) is 0 Å². The van der Waals surface area contributed by atoms with Crippen molar-refractivity contribution in [3.8, 4) is 0 Å². The van der Waals surface area contributed by atoms with Crippen LogP contribution in [0, 0.1) is 5.41 Å². The zero-order valence-electron chi connectivity index (χ0n) is 8.19. The van der Waals surface area contributed by atoms with Crippen LogP contribution < -0.4 is 5.32 Å². The molecule has 2 nitrogen and oxygen atoms in total. The first kappa shape index (κ1) is 10.5. The van der Waals surface area contributed by atoms with Crippen LogP contribution in [-0.4, -0.2) is 11.9 Å². The zero-order valence-corrected chi connectivity index (χ0v) is 8.19. The van der Waals surface area contributed by atoms with Crippen LogP contribution in [0.4, 0.5) is 0 Å². The van der Waals surface area contributed by atoms with Gasteiger partial charge in [0.1, 0.15) is 0 Å². The third-order valence-corrected chi connectivity index (χ3v) is 1.92. The van der Waals surface area contributed by atoms with Crippen LogP contribution in [0.15, 0.2) is 0 Å². The van der Waals surface area contributed by atoms with Gasteiger partial charge in [-0.05, 0) is 20.3 Å². The van der Waals surface area contributed by atoms with Crippen molar-refractivity contribution in [2.75, 3.05) is 0 Å². The fraction of sp³-hybridized carbons (Fsp3) is 0.889. The predicted molar refractivity (Wildman–Crippen MR) is 47.4 cm³/mol. The molecule has 0 aliphatic rings. The first-order chi connectivity index (χ1) is 4.90. The Kier molecular flexibility index (Phi) is 3.56. The zero-order chi connectivity index (χ0) is 9.07. The lowest BCUT2D eigenvalue weighted by molar-refractivity contribution is -0.130. The topological polar surface area (TPSA) is 29.1 Å². The van der Waals surface area contributed by atoms with Crippen LogP contribution in [0.2, 0.25) is 0 Å². The second kappa shape index (κ2) is 3.74. The van der Waals surface area contributed by atoms with E-state index in [2.05, 4.69) is 5.32 Å². The lowest BCUT2D eigenvalue weighted by Gasteiger charge is -2.22. The maximum atomic E-state index is 11.4. The third-order valence-electron chi connectivity index (χ3n) is 1.92. The third kappa shape index (κ3) is 3.40. The van der Waals surface area contributed by atoms with E-state index in [1.165, 1.54) is 0 Å². The van der Waals surface area contributed by atoms with E-state index in [0.717, 1.165) is 6.42 Å². The summed E-state index contributed by atoms with van der Waals surface area (Å²) in [4.78, 5) is 11.4. The van der Waals surface area contributed by atoms with Gasteiger partial charge < -0.3 is 5.32 Å². The summed E-state index contributed by atoms with van der Waals surface area (Å²) in [5, 5.41) is 2.90. The fourth-order valence-corrected chi connectivity index (χ4v) is 0.618. The van der Waals surface area contributed by atoms with E-state index in [-0.39, 0.29) is 17.4 Å². The van der Waals surface area contributed by atoms with Gasteiger partial charge in [0.05, 0.1) is 0 Å². The largest absolute Gasteiger partial charge is 0.353 e. The smallest absolute Gasteiger partial charge is 0.225 e. The summed E-state index contributed by atoms with van der Waals surface area (Å²) in [5.74, 6) is 0.148. The van der Waals surface area contributed by atoms with Gasteiger partial charge in [0.15, 0.2) is 0 Å². The van der Waals surface area contributed by atoms with E-state index < -0.39 is 0 Å². The van der Waals surface area contributed by atoms with Crippen LogP contribution >= 0.6 is 0 Å². The van der Waals surface area contributed by atoms with Gasteiger partial charge in [0.25, 0.3) is 0 Å². The van der Waals surface area contributed by atoms with E-state index in [9.17, 15) is 4.79 Å². The number of amides is 1. The number of hydrogen-bond acceptors (Lipinski definition) is 1. The summed E-state index contributed by atoms with van der Waals surface area (Å²) >= 11 is 0. The van der Waals surface area contributed by atoms with Crippen LogP contribution in [0.1, 0.15) is 41.0 Å². The highest BCUT2D eigenvalue weighted by Gasteiger charge is 2.25. The van der Waals surface area contributed by atoms with Gasteiger partial charge in [0, 0.05) is 11.5 Å². The van der Waals surface area contributed by atoms with E-state index in [1.807, 2.05) is 34.6 Å². The summed E-state index contributed by atoms with van der Waals surface area (Å²) in [5.41, 5.74) is -0.218. The molecule has 0 unspecified atom stereocenters. The normalized spacial score (nSPS) is 11.8. The average molecular weight is 157 g/mol. The maximum Gasteiger partial charge on any atom is 0.225 e. The minimum Gasteiger partial charge on any atom is -0.353 e. The van der Waals surface area contributed by atoms with Crippen LogP contribution in [0.5, 0.6) is 0 Å². The molecule has 1 amide bonds. The van der Waals surface area contributed by atoms with Crippen molar-refractivity contribution in [3.05, 3.63) is 0 Å². The minimum atomic E-state index is -0.218. The molecule has 0 heterocycles. The Morgan fingerprint density at radius 1 is 1.45 bits per heavy atom. The fourth-order valence-electron chi connectivity index (χ4n) is 0.618. The summed E-state index contributed by atoms with van der Waals surface area (Å²) in [7, 11) is 0. The Hall–Kier alpha value is -0.530. The van der Waals surface area contributed by atoms with E-state index in [4.69, 9.17) is 0 Å². The summed E-state index contributed by atoms with van der Waals surface area (Å²) in [6.07, 6.45) is 0.881. The molecule has 0 radical (unpaired) electrons. The second-order valence-corrected chi connectivity index (χ2v) is 3.87. The molecule has 0 atom stereocenters. The Bertz CT molecular complexity index is 138. The van der Waals surface area contributed by atoms with Crippen molar-refractivity contribution in [1.29, 1.82) is 0 Å². The molecule has 0 rings (SSSR count). The minimum absolute atomic E-state index is 0.148. The molecule has 11 heavy (non-hydrogen) atoms. The molecule has 0 fully saturated rings. The van der Waals surface area contributed by atoms with Crippen molar-refractivity contribution in [2.45, 2.75) is 47.1 Å². The van der Waals surface area contributed by atoms with Crippen LogP contribution in [0.25, 0.3) is 0 Å². The molecule has 0 spiro atoms. The first-order valence-electron chi connectivity index (χ1n) is 4.21. The van der Waals surface area contributed by atoms with Crippen LogP contribution in [-0.2, 0) is 4.79 Å². The number of carbonyl (C=O) groups is 1. The van der Waals surface area contributed by atoms with E-state index >= 15 is 0 Å². The van der Waals surface area contributed by atoms with E-state index in [0.29, 0.717) is 0 Å². The molecule has 0 saturated heterocycles. The Morgan fingerprint density at radius 2 is 1.91 bits per heavy atom. The highest BCUT2D eigenvalue weighted by Crippen LogP contribution is 2.19. The van der Waals surface area contributed by atoms with Gasteiger partial charge in [-0.1, -0.05) is 20.8 Å². The van der Waals surface area contributed by atoms with Gasteiger partial charge >= 0.3 is 0 Å². The molecular formula is C9H19NO. The van der Waals surface area contributed by atoms with Gasteiger partial charge in [0.2, 0.25) is 5.91 Å². The summed E-state index contributed by atoms with van der Waals surface area (Å²) < 4.78 is 0. The van der Waals surface area contributed by atoms with Crippen molar-refractivity contribution in [3.63, 3.8) is 0 Å². The van der Waals surface area contributed by atoms with Gasteiger partial charge in [-0.2, -0.15) is 0 Å². The molecular weight excluding hydrogens is 138 g/mol. The average Bonchev–Trinajstić information content (AvgIpc) is 1.86. The highest BCUT2D eigenvalue weighted by atomic mass is 16.2. The number of nitrogens with one attached hydrogen (secondary N) is 1. The Morgan fingerprint density at radius 3 is 2.18 bits per heavy atom. The second-order valence-electron chi connectivity index (χ2n) is 3.87. The molecule has 0 aliphatic heterocycles. The van der Waals surface area contributed by atoms with Gasteiger partial charge in [-0.15, -0.1) is 0 Å². The lowest BCUT2D eigenvalue weighted by atomic mass is 9.89. The van der Waals surface area contributed by atoms with Crippen LogP contribution in [0.3, 0.4) is 0 Å². The molecule has 0 bridgehead atoms. The van der Waals surface area contributed by atoms with Gasteiger partial charge in [-0.3, -0.25) is 4.79 Å². The molecule has 0 aromatic heterocycles. The number of hydrogen-bond donors (Lipinski definition) is 1. The van der Waals surface area contributed by atoms with Crippen molar-refractivity contribution < 1.29 is 4.79 Å². The molecule has 0 aliphatic carbocycles. The lowest BCUT2D eigenvalue weighted by Crippen LogP contribution is -2.40. The van der Waals surface area contributed by atoms with Crippen molar-refractivity contribution >= 4 is 5.91 Å². The molecule has 0 aromatic carbocycles. The standard InChI is InChI=1S/C9H19NO/c1-6-9(4,5)8(11)10-7(2)3/h7H,6H2,1-5H3,(H,10,11). The quantitative estimate of drug-likeness (QED) is 0.666. The monoisotopic (exact) mass is 157 g/mol.